The topological polar surface area (TPSA) is 46.6 Å². The Morgan fingerprint density at radius 1 is 1.24 bits per heavy atom. The van der Waals surface area contributed by atoms with Crippen molar-refractivity contribution in [2.24, 2.45) is 0 Å². The molecule has 1 aliphatic rings. The number of likely N-dealkylation sites (tertiary alicyclic amines) is 1. The van der Waals surface area contributed by atoms with Gasteiger partial charge in [-0.2, -0.15) is 0 Å². The fraction of sp³-hybridized carbons (Fsp3) is 0.529. The second-order valence-electron chi connectivity index (χ2n) is 6.47. The summed E-state index contributed by atoms with van der Waals surface area (Å²) in [5.41, 5.74) is 1.23. The van der Waals surface area contributed by atoms with Gasteiger partial charge in [-0.05, 0) is 45.6 Å². The molecule has 1 aliphatic heterocycles. The molecular weight excluding hydrogens is 266 g/mol. The lowest BCUT2D eigenvalue weighted by molar-refractivity contribution is 0.00950. The predicted molar refractivity (Wildman–Crippen MR) is 81.4 cm³/mol. The van der Waals surface area contributed by atoms with Crippen LogP contribution >= 0.6 is 0 Å². The smallest absolute Gasteiger partial charge is 0.410 e. The van der Waals surface area contributed by atoms with E-state index >= 15 is 0 Å². The van der Waals surface area contributed by atoms with Crippen LogP contribution in [-0.2, 0) is 4.74 Å². The molecule has 1 saturated heterocycles. The van der Waals surface area contributed by atoms with E-state index in [1.165, 1.54) is 0 Å². The van der Waals surface area contributed by atoms with Gasteiger partial charge in [0.1, 0.15) is 11.9 Å². The maximum Gasteiger partial charge on any atom is 0.410 e. The number of benzene rings is 1. The van der Waals surface area contributed by atoms with Crippen LogP contribution in [0, 0.1) is 0 Å². The first-order valence-corrected chi connectivity index (χ1v) is 7.45. The number of piperidine rings is 1. The standard InChI is InChI=1S/C17H23NO3/c1-17(2,3)21-16(20)18-11-5-4-6-15(18)14-9-7-13(12-19)8-10-14/h7-10,12,15H,4-6,11H2,1-3H3. The van der Waals surface area contributed by atoms with E-state index in [-0.39, 0.29) is 12.1 Å². The highest BCUT2D eigenvalue weighted by molar-refractivity contribution is 5.74. The highest BCUT2D eigenvalue weighted by Crippen LogP contribution is 2.32. The van der Waals surface area contributed by atoms with Gasteiger partial charge in [-0.25, -0.2) is 4.79 Å². The van der Waals surface area contributed by atoms with Crippen LogP contribution in [0.5, 0.6) is 0 Å². The van der Waals surface area contributed by atoms with Gasteiger partial charge in [-0.1, -0.05) is 24.3 Å². The Kier molecular flexibility index (Phi) is 4.66. The van der Waals surface area contributed by atoms with Crippen LogP contribution in [-0.4, -0.2) is 29.4 Å². The summed E-state index contributed by atoms with van der Waals surface area (Å²) < 4.78 is 5.50. The van der Waals surface area contributed by atoms with Crippen molar-refractivity contribution in [3.8, 4) is 0 Å². The summed E-state index contributed by atoms with van der Waals surface area (Å²) in [6, 6.07) is 7.48. The van der Waals surface area contributed by atoms with E-state index < -0.39 is 5.60 Å². The largest absolute Gasteiger partial charge is 0.444 e. The minimum atomic E-state index is -0.486. The maximum atomic E-state index is 12.4. The lowest BCUT2D eigenvalue weighted by Crippen LogP contribution is -2.41. The summed E-state index contributed by atoms with van der Waals surface area (Å²) in [4.78, 5) is 24.9. The fourth-order valence-electron chi connectivity index (χ4n) is 2.61. The molecule has 1 aromatic rings. The quantitative estimate of drug-likeness (QED) is 0.774. The number of hydrogen-bond acceptors (Lipinski definition) is 3. The zero-order chi connectivity index (χ0) is 15.5. The number of nitrogens with zero attached hydrogens (tertiary/aromatic N) is 1. The van der Waals surface area contributed by atoms with Gasteiger partial charge in [0.25, 0.3) is 0 Å². The molecule has 114 valence electrons. The molecule has 0 N–H and O–H groups in total. The van der Waals surface area contributed by atoms with Crippen molar-refractivity contribution in [3.05, 3.63) is 35.4 Å². The van der Waals surface area contributed by atoms with E-state index in [2.05, 4.69) is 0 Å². The van der Waals surface area contributed by atoms with Crippen LogP contribution in [0.3, 0.4) is 0 Å². The van der Waals surface area contributed by atoms with Gasteiger partial charge in [0.05, 0.1) is 6.04 Å². The summed E-state index contributed by atoms with van der Waals surface area (Å²) in [7, 11) is 0. The second-order valence-corrected chi connectivity index (χ2v) is 6.47. The number of amides is 1. The predicted octanol–water partition coefficient (Wildman–Crippen LogP) is 3.96. The molecule has 1 amide bonds. The zero-order valence-corrected chi connectivity index (χ0v) is 13.0. The summed E-state index contributed by atoms with van der Waals surface area (Å²) in [5, 5.41) is 0. The number of ether oxygens (including phenoxy) is 1. The normalized spacial score (nSPS) is 19.2. The van der Waals surface area contributed by atoms with Crippen molar-refractivity contribution in [2.75, 3.05) is 6.54 Å². The second kappa shape index (κ2) is 6.29. The van der Waals surface area contributed by atoms with Gasteiger partial charge in [0, 0.05) is 12.1 Å². The highest BCUT2D eigenvalue weighted by Gasteiger charge is 2.31. The third kappa shape index (κ3) is 4.06. The van der Waals surface area contributed by atoms with Crippen molar-refractivity contribution in [1.82, 2.24) is 4.90 Å². The van der Waals surface area contributed by atoms with Crippen LogP contribution in [0.4, 0.5) is 4.79 Å². The summed E-state index contributed by atoms with van der Waals surface area (Å²) in [5.74, 6) is 0. The Morgan fingerprint density at radius 2 is 1.90 bits per heavy atom. The molecule has 4 nitrogen and oxygen atoms in total. The zero-order valence-electron chi connectivity index (χ0n) is 13.0. The number of carbonyl (C=O) groups is 2. The first-order valence-electron chi connectivity index (χ1n) is 7.45. The minimum Gasteiger partial charge on any atom is -0.444 e. The van der Waals surface area contributed by atoms with Gasteiger partial charge >= 0.3 is 6.09 Å². The van der Waals surface area contributed by atoms with Crippen LogP contribution < -0.4 is 0 Å². The summed E-state index contributed by atoms with van der Waals surface area (Å²) >= 11 is 0. The van der Waals surface area contributed by atoms with E-state index in [0.717, 1.165) is 37.7 Å². The lowest BCUT2D eigenvalue weighted by Gasteiger charge is -2.37. The van der Waals surface area contributed by atoms with Crippen molar-refractivity contribution in [2.45, 2.75) is 51.7 Å². The Morgan fingerprint density at radius 3 is 2.48 bits per heavy atom. The molecule has 0 aromatic heterocycles. The van der Waals surface area contributed by atoms with Crippen molar-refractivity contribution in [3.63, 3.8) is 0 Å². The summed E-state index contributed by atoms with van der Waals surface area (Å²) in [6.45, 7) is 6.35. The number of hydrogen-bond donors (Lipinski definition) is 0. The molecule has 0 aliphatic carbocycles. The highest BCUT2D eigenvalue weighted by atomic mass is 16.6. The average molecular weight is 289 g/mol. The molecule has 0 spiro atoms. The van der Waals surface area contributed by atoms with Crippen molar-refractivity contribution in [1.29, 1.82) is 0 Å². The molecule has 21 heavy (non-hydrogen) atoms. The Bertz CT molecular complexity index is 502. The van der Waals surface area contributed by atoms with Gasteiger partial charge in [-0.3, -0.25) is 4.79 Å². The van der Waals surface area contributed by atoms with E-state index in [9.17, 15) is 9.59 Å². The molecule has 1 fully saturated rings. The first kappa shape index (κ1) is 15.5. The molecule has 0 saturated carbocycles. The molecule has 4 heteroatoms. The molecule has 0 bridgehead atoms. The van der Waals surface area contributed by atoms with Gasteiger partial charge in [0.2, 0.25) is 0 Å². The van der Waals surface area contributed by atoms with E-state index in [1.807, 2.05) is 37.8 Å². The van der Waals surface area contributed by atoms with E-state index in [4.69, 9.17) is 4.74 Å². The van der Waals surface area contributed by atoms with Crippen molar-refractivity contribution < 1.29 is 14.3 Å². The maximum absolute atomic E-state index is 12.4. The third-order valence-electron chi connectivity index (χ3n) is 3.59. The number of aldehydes is 1. The van der Waals surface area contributed by atoms with Crippen LogP contribution in [0.15, 0.2) is 24.3 Å². The Balaban J connectivity index is 2.18. The average Bonchev–Trinajstić information content (AvgIpc) is 2.45. The molecule has 1 atom stereocenters. The van der Waals surface area contributed by atoms with Crippen molar-refractivity contribution >= 4 is 12.4 Å². The third-order valence-corrected chi connectivity index (χ3v) is 3.59. The first-order chi connectivity index (χ1) is 9.90. The summed E-state index contributed by atoms with van der Waals surface area (Å²) in [6.07, 6.45) is 3.60. The molecule has 1 unspecified atom stereocenters. The molecule has 1 aromatic carbocycles. The monoisotopic (exact) mass is 289 g/mol. The van der Waals surface area contributed by atoms with Crippen LogP contribution in [0.1, 0.15) is 62.0 Å². The van der Waals surface area contributed by atoms with Crippen LogP contribution in [0.2, 0.25) is 0 Å². The molecule has 2 rings (SSSR count). The van der Waals surface area contributed by atoms with Crippen LogP contribution in [0.25, 0.3) is 0 Å². The Hall–Kier alpha value is -1.84. The SMILES string of the molecule is CC(C)(C)OC(=O)N1CCCCC1c1ccc(C=O)cc1. The molecular formula is C17H23NO3. The Labute approximate surface area is 126 Å². The molecule has 1 heterocycles. The molecule has 0 radical (unpaired) electrons. The van der Waals surface area contributed by atoms with Gasteiger partial charge in [-0.15, -0.1) is 0 Å². The number of carbonyl (C=O) groups excluding carboxylic acids is 2. The van der Waals surface area contributed by atoms with Gasteiger partial charge < -0.3 is 9.64 Å². The van der Waals surface area contributed by atoms with E-state index in [0.29, 0.717) is 5.56 Å². The van der Waals surface area contributed by atoms with E-state index in [1.54, 1.807) is 12.1 Å². The minimum absolute atomic E-state index is 0.0364. The fourth-order valence-corrected chi connectivity index (χ4v) is 2.61. The van der Waals surface area contributed by atoms with Gasteiger partial charge in [0.15, 0.2) is 0 Å². The lowest BCUT2D eigenvalue weighted by atomic mass is 9.95. The number of rotatable bonds is 2.